The number of carbonyl (C=O) groups is 2. The number of nitrogens with zero attached hydrogens (tertiary/aromatic N) is 1. The Morgan fingerprint density at radius 1 is 0.974 bits per heavy atom. The van der Waals surface area contributed by atoms with Gasteiger partial charge < -0.3 is 25.7 Å². The number of rotatable bonds is 9. The molecule has 4 bridgehead atoms. The Bertz CT molecular complexity index is 1110. The lowest BCUT2D eigenvalue weighted by Crippen LogP contribution is -2.69. The van der Waals surface area contributed by atoms with Crippen LogP contribution in [0.1, 0.15) is 56.3 Å². The summed E-state index contributed by atoms with van der Waals surface area (Å²) in [5, 5.41) is 44.3. The first-order valence-corrected chi connectivity index (χ1v) is 13.6. The molecule has 0 aromatic heterocycles. The van der Waals surface area contributed by atoms with Crippen LogP contribution in [0.2, 0.25) is 0 Å². The number of phenolic OH excluding ortho intramolecular Hbond substituents is 1. The molecule has 0 heterocycles. The summed E-state index contributed by atoms with van der Waals surface area (Å²) in [6.07, 6.45) is 2.98. The maximum absolute atomic E-state index is 14.1. The average molecular weight is 523 g/mol. The van der Waals surface area contributed by atoms with E-state index in [9.17, 15) is 30.0 Å². The smallest absolute Gasteiger partial charge is 0.408 e. The zero-order valence-electron chi connectivity index (χ0n) is 21.7. The van der Waals surface area contributed by atoms with E-state index in [1.807, 2.05) is 6.07 Å². The van der Waals surface area contributed by atoms with Crippen molar-refractivity contribution in [2.24, 2.45) is 23.7 Å². The van der Waals surface area contributed by atoms with Crippen molar-refractivity contribution in [2.75, 3.05) is 6.61 Å². The standard InChI is InChI=1S/C30H38N2O6/c1-30(16-18-7-9-24(34)10-8-18,28(36)31-25(17-33)27(35)21-5-3-2-4-6-21)32(29(37)38)26-22-12-19-11-20(14-22)15-23(26)13-19/h2-10,19-20,22-23,25-27,33-35H,11-17H2,1H3,(H,31,36)(H,37,38). The number of aliphatic hydroxyl groups is 2. The fourth-order valence-electron chi connectivity index (χ4n) is 7.70. The van der Waals surface area contributed by atoms with Gasteiger partial charge in [0.25, 0.3) is 0 Å². The highest BCUT2D eigenvalue weighted by Crippen LogP contribution is 2.56. The first-order chi connectivity index (χ1) is 18.2. The summed E-state index contributed by atoms with van der Waals surface area (Å²) in [4.78, 5) is 28.6. The van der Waals surface area contributed by atoms with Crippen molar-refractivity contribution >= 4 is 12.0 Å². The van der Waals surface area contributed by atoms with Crippen LogP contribution in [0.4, 0.5) is 4.79 Å². The Morgan fingerprint density at radius 3 is 2.08 bits per heavy atom. The molecule has 4 saturated carbocycles. The minimum Gasteiger partial charge on any atom is -0.508 e. The van der Waals surface area contributed by atoms with Gasteiger partial charge in [-0.2, -0.15) is 0 Å². The molecule has 2 aromatic carbocycles. The third-order valence-corrected chi connectivity index (χ3v) is 9.22. The van der Waals surface area contributed by atoms with Crippen LogP contribution < -0.4 is 5.32 Å². The van der Waals surface area contributed by atoms with E-state index in [0.29, 0.717) is 23.0 Å². The number of hydrogen-bond acceptors (Lipinski definition) is 5. The lowest BCUT2D eigenvalue weighted by molar-refractivity contribution is -0.142. The molecule has 8 heteroatoms. The molecule has 2 aromatic rings. The van der Waals surface area contributed by atoms with Crippen LogP contribution >= 0.6 is 0 Å². The van der Waals surface area contributed by atoms with Gasteiger partial charge >= 0.3 is 6.09 Å². The van der Waals surface area contributed by atoms with Gasteiger partial charge in [-0.25, -0.2) is 4.79 Å². The highest BCUT2D eigenvalue weighted by Gasteiger charge is 2.56. The van der Waals surface area contributed by atoms with Gasteiger partial charge in [0, 0.05) is 12.5 Å². The molecule has 204 valence electrons. The number of phenols is 1. The number of carboxylic acid groups (broad SMARTS) is 1. The Kier molecular flexibility index (Phi) is 7.38. The van der Waals surface area contributed by atoms with Crippen LogP contribution in [0.25, 0.3) is 0 Å². The van der Waals surface area contributed by atoms with Crippen molar-refractivity contribution in [1.82, 2.24) is 10.2 Å². The van der Waals surface area contributed by atoms with Crippen LogP contribution in [0.15, 0.2) is 54.6 Å². The van der Waals surface area contributed by atoms with Crippen molar-refractivity contribution in [2.45, 2.75) is 69.2 Å². The summed E-state index contributed by atoms with van der Waals surface area (Å²) in [5.74, 6) is 1.25. The lowest BCUT2D eigenvalue weighted by Gasteiger charge is -2.59. The Labute approximate surface area is 223 Å². The minimum atomic E-state index is -1.51. The highest BCUT2D eigenvalue weighted by atomic mass is 16.4. The zero-order chi connectivity index (χ0) is 27.0. The van der Waals surface area contributed by atoms with Gasteiger partial charge in [-0.3, -0.25) is 9.69 Å². The molecule has 4 aliphatic rings. The number of aromatic hydroxyl groups is 1. The van der Waals surface area contributed by atoms with E-state index in [1.54, 1.807) is 43.3 Å². The minimum absolute atomic E-state index is 0.0855. The van der Waals surface area contributed by atoms with E-state index in [2.05, 4.69) is 5.32 Å². The molecule has 6 rings (SSSR count). The molecule has 0 spiro atoms. The predicted octanol–water partition coefficient (Wildman–Crippen LogP) is 3.71. The van der Waals surface area contributed by atoms with E-state index in [0.717, 1.165) is 25.7 Å². The molecule has 0 radical (unpaired) electrons. The van der Waals surface area contributed by atoms with Gasteiger partial charge in [0.2, 0.25) is 5.91 Å². The number of benzene rings is 2. The predicted molar refractivity (Wildman–Crippen MR) is 141 cm³/mol. The van der Waals surface area contributed by atoms with E-state index in [-0.39, 0.29) is 30.0 Å². The largest absolute Gasteiger partial charge is 0.508 e. The molecule has 3 unspecified atom stereocenters. The normalized spacial score (nSPS) is 28.8. The molecule has 5 N–H and O–H groups in total. The van der Waals surface area contributed by atoms with Crippen molar-refractivity contribution < 1.29 is 30.0 Å². The fraction of sp³-hybridized carbons (Fsp3) is 0.533. The van der Waals surface area contributed by atoms with Gasteiger partial charge in [-0.05, 0) is 86.0 Å². The number of amides is 2. The molecule has 0 saturated heterocycles. The van der Waals surface area contributed by atoms with Gasteiger partial charge in [-0.1, -0.05) is 42.5 Å². The van der Waals surface area contributed by atoms with E-state index < -0.39 is 36.3 Å². The van der Waals surface area contributed by atoms with Gasteiger partial charge in [0.15, 0.2) is 0 Å². The number of hydrogen-bond donors (Lipinski definition) is 5. The van der Waals surface area contributed by atoms with Gasteiger partial charge in [0.05, 0.1) is 12.6 Å². The summed E-state index contributed by atoms with van der Waals surface area (Å²) < 4.78 is 0. The second-order valence-corrected chi connectivity index (χ2v) is 11.8. The molecular formula is C30H38N2O6. The molecular weight excluding hydrogens is 484 g/mol. The van der Waals surface area contributed by atoms with Crippen LogP contribution in [0.5, 0.6) is 5.75 Å². The molecule has 0 aliphatic heterocycles. The maximum Gasteiger partial charge on any atom is 0.408 e. The van der Waals surface area contributed by atoms with E-state index >= 15 is 0 Å². The van der Waals surface area contributed by atoms with Crippen LogP contribution in [-0.2, 0) is 11.2 Å². The van der Waals surface area contributed by atoms with Crippen molar-refractivity contribution in [1.29, 1.82) is 0 Å². The Hall–Kier alpha value is -3.10. The monoisotopic (exact) mass is 522 g/mol. The molecule has 3 atom stereocenters. The third kappa shape index (κ3) is 4.99. The van der Waals surface area contributed by atoms with Crippen LogP contribution in [-0.4, -0.2) is 61.6 Å². The fourth-order valence-corrected chi connectivity index (χ4v) is 7.70. The summed E-state index contributed by atoms with van der Waals surface area (Å²) >= 11 is 0. The summed E-state index contributed by atoms with van der Waals surface area (Å²) in [7, 11) is 0. The molecule has 38 heavy (non-hydrogen) atoms. The SMILES string of the molecule is CC(Cc1ccc(O)cc1)(C(=O)NC(CO)C(O)c1ccccc1)N(C(=O)O)C1C2CC3CC(C2)CC1C3. The highest BCUT2D eigenvalue weighted by molar-refractivity contribution is 5.90. The molecule has 2 amide bonds. The maximum atomic E-state index is 14.1. The second-order valence-electron chi connectivity index (χ2n) is 11.8. The zero-order valence-corrected chi connectivity index (χ0v) is 21.7. The van der Waals surface area contributed by atoms with Crippen molar-refractivity contribution in [3.8, 4) is 5.75 Å². The second kappa shape index (κ2) is 10.6. The lowest BCUT2D eigenvalue weighted by atomic mass is 9.53. The number of aliphatic hydroxyl groups excluding tert-OH is 2. The Balaban J connectivity index is 1.49. The summed E-state index contributed by atoms with van der Waals surface area (Å²) in [5.41, 5.74) is -0.255. The van der Waals surface area contributed by atoms with Gasteiger partial charge in [0.1, 0.15) is 17.4 Å². The molecule has 8 nitrogen and oxygen atoms in total. The molecule has 4 aliphatic carbocycles. The van der Waals surface area contributed by atoms with E-state index in [1.165, 1.54) is 23.5 Å². The number of nitrogens with one attached hydrogen (secondary N) is 1. The summed E-state index contributed by atoms with van der Waals surface area (Å²) in [6.45, 7) is 1.14. The van der Waals surface area contributed by atoms with E-state index in [4.69, 9.17) is 0 Å². The first kappa shape index (κ1) is 26.5. The summed E-state index contributed by atoms with van der Waals surface area (Å²) in [6, 6.07) is 13.9. The average Bonchev–Trinajstić information content (AvgIpc) is 2.89. The number of carbonyl (C=O) groups excluding carboxylic acids is 1. The van der Waals surface area contributed by atoms with Crippen molar-refractivity contribution in [3.63, 3.8) is 0 Å². The first-order valence-electron chi connectivity index (χ1n) is 13.6. The van der Waals surface area contributed by atoms with Crippen LogP contribution in [0.3, 0.4) is 0 Å². The van der Waals surface area contributed by atoms with Gasteiger partial charge in [-0.15, -0.1) is 0 Å². The molecule has 4 fully saturated rings. The quantitative estimate of drug-likeness (QED) is 0.341. The topological polar surface area (TPSA) is 130 Å². The van der Waals surface area contributed by atoms with Crippen molar-refractivity contribution in [3.05, 3.63) is 65.7 Å². The Morgan fingerprint density at radius 2 is 1.55 bits per heavy atom. The van der Waals surface area contributed by atoms with Crippen LogP contribution in [0, 0.1) is 23.7 Å². The third-order valence-electron chi connectivity index (χ3n) is 9.22.